The number of nitrogens with one attached hydrogen (secondary N) is 1. The van der Waals surface area contributed by atoms with Gasteiger partial charge in [0.2, 0.25) is 5.91 Å². The van der Waals surface area contributed by atoms with E-state index >= 15 is 0 Å². The molecule has 134 valence electrons. The summed E-state index contributed by atoms with van der Waals surface area (Å²) in [5.74, 6) is 0.516. The Labute approximate surface area is 154 Å². The fourth-order valence-electron chi connectivity index (χ4n) is 3.69. The van der Waals surface area contributed by atoms with Crippen LogP contribution in [0.25, 0.3) is 0 Å². The van der Waals surface area contributed by atoms with Crippen LogP contribution in [-0.4, -0.2) is 29.6 Å². The highest BCUT2D eigenvalue weighted by Crippen LogP contribution is 2.47. The van der Waals surface area contributed by atoms with Crippen molar-refractivity contribution < 1.29 is 4.79 Å². The van der Waals surface area contributed by atoms with Crippen LogP contribution in [0.4, 0.5) is 0 Å². The molecule has 2 aromatic carbocycles. The van der Waals surface area contributed by atoms with Crippen LogP contribution in [0.3, 0.4) is 0 Å². The molecule has 26 heavy (non-hydrogen) atoms. The molecule has 1 aliphatic heterocycles. The highest BCUT2D eigenvalue weighted by atomic mass is 16.2. The standard InChI is InChI=1S/C22H25N3O/c26-22(21-15-20(21)18-9-5-2-6-10-18)24-23-19-11-13-25(14-12-19)16-17-7-3-1-4-8-17/h1-10,20-21H,11-16H2,(H,24,26)/t20-,21-/m1/s1. The van der Waals surface area contributed by atoms with Crippen LogP contribution in [0.15, 0.2) is 65.8 Å². The molecule has 1 saturated carbocycles. The maximum atomic E-state index is 12.3. The van der Waals surface area contributed by atoms with Gasteiger partial charge in [-0.3, -0.25) is 9.69 Å². The van der Waals surface area contributed by atoms with Gasteiger partial charge in [-0.1, -0.05) is 60.7 Å². The Hall–Kier alpha value is -2.46. The Bertz CT molecular complexity index is 762. The van der Waals surface area contributed by atoms with E-state index in [1.165, 1.54) is 11.1 Å². The second-order valence-electron chi connectivity index (χ2n) is 7.28. The molecule has 0 unspecified atom stereocenters. The van der Waals surface area contributed by atoms with Gasteiger partial charge in [-0.05, 0) is 23.5 Å². The van der Waals surface area contributed by atoms with Gasteiger partial charge in [0, 0.05) is 44.1 Å². The maximum absolute atomic E-state index is 12.3. The number of benzene rings is 2. The van der Waals surface area contributed by atoms with E-state index in [0.29, 0.717) is 5.92 Å². The monoisotopic (exact) mass is 347 g/mol. The van der Waals surface area contributed by atoms with Gasteiger partial charge in [-0.2, -0.15) is 5.10 Å². The lowest BCUT2D eigenvalue weighted by molar-refractivity contribution is -0.122. The summed E-state index contributed by atoms with van der Waals surface area (Å²) in [5.41, 5.74) is 6.53. The van der Waals surface area contributed by atoms with Crippen LogP contribution in [-0.2, 0) is 11.3 Å². The minimum Gasteiger partial charge on any atom is -0.298 e. The fraction of sp³-hybridized carbons (Fsp3) is 0.364. The Morgan fingerprint density at radius 3 is 2.35 bits per heavy atom. The lowest BCUT2D eigenvalue weighted by atomic mass is 10.1. The molecule has 0 spiro atoms. The molecule has 1 saturated heterocycles. The highest BCUT2D eigenvalue weighted by molar-refractivity contribution is 5.88. The van der Waals surface area contributed by atoms with Gasteiger partial charge in [0.1, 0.15) is 0 Å². The molecule has 4 nitrogen and oxygen atoms in total. The van der Waals surface area contributed by atoms with Gasteiger partial charge in [0.15, 0.2) is 0 Å². The summed E-state index contributed by atoms with van der Waals surface area (Å²) in [6.07, 6.45) is 2.80. The summed E-state index contributed by atoms with van der Waals surface area (Å²) in [4.78, 5) is 14.8. The zero-order chi connectivity index (χ0) is 17.8. The van der Waals surface area contributed by atoms with E-state index in [1.807, 2.05) is 18.2 Å². The molecule has 1 aliphatic carbocycles. The van der Waals surface area contributed by atoms with Gasteiger partial charge in [-0.15, -0.1) is 0 Å². The van der Waals surface area contributed by atoms with Crippen LogP contribution in [0, 0.1) is 5.92 Å². The smallest absolute Gasteiger partial charge is 0.243 e. The van der Waals surface area contributed by atoms with E-state index in [4.69, 9.17) is 0 Å². The number of carbonyl (C=O) groups is 1. The van der Waals surface area contributed by atoms with Gasteiger partial charge in [0.25, 0.3) is 0 Å². The molecule has 1 amide bonds. The van der Waals surface area contributed by atoms with Crippen molar-refractivity contribution in [2.45, 2.75) is 31.7 Å². The van der Waals surface area contributed by atoms with Gasteiger partial charge < -0.3 is 0 Å². The Kier molecular flexibility index (Phi) is 5.12. The van der Waals surface area contributed by atoms with Gasteiger partial charge in [0.05, 0.1) is 0 Å². The molecule has 0 radical (unpaired) electrons. The van der Waals surface area contributed by atoms with Crippen LogP contribution in [0.1, 0.15) is 36.3 Å². The van der Waals surface area contributed by atoms with E-state index in [0.717, 1.165) is 44.6 Å². The SMILES string of the molecule is O=C(NN=C1CCN(Cc2ccccc2)CC1)[C@@H]1C[C@@H]1c1ccccc1. The summed E-state index contributed by atoms with van der Waals surface area (Å²) in [6.45, 7) is 2.99. The molecule has 2 atom stereocenters. The quantitative estimate of drug-likeness (QED) is 0.841. The van der Waals surface area contributed by atoms with Crippen molar-refractivity contribution in [3.05, 3.63) is 71.8 Å². The molecular weight excluding hydrogens is 322 g/mol. The van der Waals surface area contributed by atoms with E-state index < -0.39 is 0 Å². The second kappa shape index (κ2) is 7.83. The lowest BCUT2D eigenvalue weighted by Crippen LogP contribution is -2.34. The number of hydrogen-bond donors (Lipinski definition) is 1. The molecule has 0 aromatic heterocycles. The third-order valence-electron chi connectivity index (χ3n) is 5.36. The first-order valence-electron chi connectivity index (χ1n) is 9.46. The van der Waals surface area contributed by atoms with Crippen LogP contribution < -0.4 is 5.43 Å². The molecule has 4 rings (SSSR count). The molecular formula is C22H25N3O. The molecule has 0 bridgehead atoms. The van der Waals surface area contributed by atoms with Crippen molar-refractivity contribution in [2.75, 3.05) is 13.1 Å². The normalized spacial score (nSPS) is 22.7. The minimum atomic E-state index is 0.0677. The predicted molar refractivity (Wildman–Crippen MR) is 104 cm³/mol. The number of hydrazone groups is 1. The molecule has 4 heteroatoms. The third kappa shape index (κ3) is 4.20. The summed E-state index contributed by atoms with van der Waals surface area (Å²) in [5, 5.41) is 4.40. The van der Waals surface area contributed by atoms with Gasteiger partial charge >= 0.3 is 0 Å². The second-order valence-corrected chi connectivity index (χ2v) is 7.28. The van der Waals surface area contributed by atoms with Gasteiger partial charge in [-0.25, -0.2) is 5.43 Å². The predicted octanol–water partition coefficient (Wildman–Crippen LogP) is 3.56. The maximum Gasteiger partial charge on any atom is 0.243 e. The first-order chi connectivity index (χ1) is 12.8. The topological polar surface area (TPSA) is 44.7 Å². The van der Waals surface area contributed by atoms with E-state index in [2.05, 4.69) is 57.9 Å². The Morgan fingerprint density at radius 1 is 1.00 bits per heavy atom. The number of nitrogens with zero attached hydrogens (tertiary/aromatic N) is 2. The summed E-state index contributed by atoms with van der Waals surface area (Å²) in [7, 11) is 0. The average molecular weight is 347 g/mol. The van der Waals surface area contributed by atoms with Crippen molar-refractivity contribution in [2.24, 2.45) is 11.0 Å². The van der Waals surface area contributed by atoms with Crippen molar-refractivity contribution in [3.63, 3.8) is 0 Å². The Balaban J connectivity index is 1.23. The minimum absolute atomic E-state index is 0.0677. The number of likely N-dealkylation sites (tertiary alicyclic amines) is 1. The van der Waals surface area contributed by atoms with Crippen molar-refractivity contribution in [1.82, 2.24) is 10.3 Å². The van der Waals surface area contributed by atoms with Crippen molar-refractivity contribution in [3.8, 4) is 0 Å². The Morgan fingerprint density at radius 2 is 1.65 bits per heavy atom. The van der Waals surface area contributed by atoms with Crippen molar-refractivity contribution in [1.29, 1.82) is 0 Å². The number of rotatable bonds is 5. The van der Waals surface area contributed by atoms with E-state index in [-0.39, 0.29) is 11.8 Å². The highest BCUT2D eigenvalue weighted by Gasteiger charge is 2.43. The summed E-state index contributed by atoms with van der Waals surface area (Å²) >= 11 is 0. The molecule has 2 aliphatic rings. The first-order valence-corrected chi connectivity index (χ1v) is 9.46. The molecule has 2 aromatic rings. The summed E-state index contributed by atoms with van der Waals surface area (Å²) < 4.78 is 0. The third-order valence-corrected chi connectivity index (χ3v) is 5.36. The van der Waals surface area contributed by atoms with E-state index in [1.54, 1.807) is 0 Å². The number of carbonyl (C=O) groups excluding carboxylic acids is 1. The van der Waals surface area contributed by atoms with E-state index in [9.17, 15) is 4.79 Å². The summed E-state index contributed by atoms with van der Waals surface area (Å²) in [6, 6.07) is 20.8. The van der Waals surface area contributed by atoms with Crippen molar-refractivity contribution >= 4 is 11.6 Å². The fourth-order valence-corrected chi connectivity index (χ4v) is 3.69. The average Bonchev–Trinajstić information content (AvgIpc) is 3.50. The number of amides is 1. The molecule has 1 N–H and O–H groups in total. The molecule has 1 heterocycles. The zero-order valence-electron chi connectivity index (χ0n) is 15.0. The zero-order valence-corrected chi connectivity index (χ0v) is 15.0. The van der Waals surface area contributed by atoms with Crippen LogP contribution >= 0.6 is 0 Å². The first kappa shape index (κ1) is 17.0. The van der Waals surface area contributed by atoms with Crippen LogP contribution in [0.5, 0.6) is 0 Å². The molecule has 2 fully saturated rings. The van der Waals surface area contributed by atoms with Crippen LogP contribution in [0.2, 0.25) is 0 Å². The number of hydrogen-bond acceptors (Lipinski definition) is 3. The number of piperidine rings is 1. The largest absolute Gasteiger partial charge is 0.298 e. The lowest BCUT2D eigenvalue weighted by Gasteiger charge is -2.27.